The Bertz CT molecular complexity index is 919. The molecule has 2 atom stereocenters. The molecule has 8 heteroatoms. The Labute approximate surface area is 193 Å². The van der Waals surface area contributed by atoms with Crippen molar-refractivity contribution in [1.29, 1.82) is 0 Å². The molecule has 3 rings (SSSR count). The van der Waals surface area contributed by atoms with Crippen LogP contribution >= 0.6 is 11.3 Å². The van der Waals surface area contributed by atoms with Gasteiger partial charge < -0.3 is 19.9 Å². The van der Waals surface area contributed by atoms with E-state index in [-0.39, 0.29) is 42.9 Å². The van der Waals surface area contributed by atoms with Crippen molar-refractivity contribution < 1.29 is 18.7 Å². The lowest BCUT2D eigenvalue weighted by atomic mass is 10.00. The summed E-state index contributed by atoms with van der Waals surface area (Å²) >= 11 is 1.66. The van der Waals surface area contributed by atoms with E-state index in [4.69, 9.17) is 4.74 Å². The van der Waals surface area contributed by atoms with Gasteiger partial charge in [-0.2, -0.15) is 0 Å². The Kier molecular flexibility index (Phi) is 8.50. The number of hydrogen-bond acceptors (Lipinski definition) is 4. The lowest BCUT2D eigenvalue weighted by molar-refractivity contribution is -0.136. The van der Waals surface area contributed by atoms with Gasteiger partial charge in [0.05, 0.1) is 6.04 Å². The molecule has 1 aliphatic rings. The van der Waals surface area contributed by atoms with E-state index in [1.807, 2.05) is 32.2 Å². The standard InChI is InChI=1S/C24H32FN3O3S/c1-4-12-26-24(30)28(17(3)5-2)15-23(29)27-13-10-22-18(11-14-32-22)20(27)16-31-21-9-7-6-8-19(21)25/h6-9,11,14,17,20H,4-5,10,12-13,15-16H2,1-3H3,(H,26,30)/t17-,20-/m1/s1. The lowest BCUT2D eigenvalue weighted by Crippen LogP contribution is -2.52. The number of ether oxygens (including phenoxy) is 1. The van der Waals surface area contributed by atoms with E-state index in [9.17, 15) is 14.0 Å². The molecule has 0 saturated carbocycles. The fourth-order valence-electron chi connectivity index (χ4n) is 3.82. The van der Waals surface area contributed by atoms with E-state index in [1.165, 1.54) is 10.9 Å². The molecular weight excluding hydrogens is 429 g/mol. The monoisotopic (exact) mass is 461 g/mol. The number of urea groups is 1. The first-order chi connectivity index (χ1) is 15.5. The molecule has 1 aliphatic heterocycles. The predicted molar refractivity (Wildman–Crippen MR) is 125 cm³/mol. The van der Waals surface area contributed by atoms with Crippen LogP contribution in [0.25, 0.3) is 0 Å². The van der Waals surface area contributed by atoms with Gasteiger partial charge >= 0.3 is 6.03 Å². The van der Waals surface area contributed by atoms with Crippen LogP contribution in [0.3, 0.4) is 0 Å². The maximum Gasteiger partial charge on any atom is 0.318 e. The molecule has 0 fully saturated rings. The summed E-state index contributed by atoms with van der Waals surface area (Å²) in [6.45, 7) is 7.21. The van der Waals surface area contributed by atoms with Crippen molar-refractivity contribution in [2.24, 2.45) is 0 Å². The highest BCUT2D eigenvalue weighted by molar-refractivity contribution is 7.10. The predicted octanol–water partition coefficient (Wildman–Crippen LogP) is 4.61. The van der Waals surface area contributed by atoms with Gasteiger partial charge in [0.1, 0.15) is 13.2 Å². The van der Waals surface area contributed by atoms with Crippen LogP contribution in [0.1, 0.15) is 50.1 Å². The molecule has 0 aliphatic carbocycles. The number of para-hydroxylation sites is 1. The van der Waals surface area contributed by atoms with E-state index < -0.39 is 5.82 Å². The molecule has 1 aromatic carbocycles. The summed E-state index contributed by atoms with van der Waals surface area (Å²) in [5.41, 5.74) is 1.04. The van der Waals surface area contributed by atoms with Crippen LogP contribution in [-0.4, -0.2) is 54.0 Å². The van der Waals surface area contributed by atoms with Gasteiger partial charge in [0.25, 0.3) is 0 Å². The number of carbonyl (C=O) groups is 2. The highest BCUT2D eigenvalue weighted by Crippen LogP contribution is 2.34. The van der Waals surface area contributed by atoms with Crippen LogP contribution in [0.15, 0.2) is 35.7 Å². The maximum absolute atomic E-state index is 14.1. The average molecular weight is 462 g/mol. The van der Waals surface area contributed by atoms with Gasteiger partial charge in [-0.15, -0.1) is 11.3 Å². The van der Waals surface area contributed by atoms with Gasteiger partial charge in [-0.25, -0.2) is 9.18 Å². The first-order valence-corrected chi connectivity index (χ1v) is 12.1. The normalized spacial score (nSPS) is 16.2. The van der Waals surface area contributed by atoms with E-state index in [2.05, 4.69) is 5.32 Å². The second kappa shape index (κ2) is 11.3. The minimum Gasteiger partial charge on any atom is -0.488 e. The van der Waals surface area contributed by atoms with E-state index in [0.717, 1.165) is 24.8 Å². The Morgan fingerprint density at radius 2 is 2.09 bits per heavy atom. The number of halogens is 1. The number of hydrogen-bond donors (Lipinski definition) is 1. The number of amides is 3. The first-order valence-electron chi connectivity index (χ1n) is 11.2. The highest BCUT2D eigenvalue weighted by atomic mass is 32.1. The third-order valence-corrected chi connectivity index (χ3v) is 6.86. The topological polar surface area (TPSA) is 61.9 Å². The smallest absolute Gasteiger partial charge is 0.318 e. The number of nitrogens with zero attached hydrogens (tertiary/aromatic N) is 2. The summed E-state index contributed by atoms with van der Waals surface area (Å²) < 4.78 is 19.9. The van der Waals surface area contributed by atoms with Crippen molar-refractivity contribution >= 4 is 23.3 Å². The number of nitrogens with one attached hydrogen (secondary N) is 1. The van der Waals surface area contributed by atoms with Crippen molar-refractivity contribution in [3.63, 3.8) is 0 Å². The Morgan fingerprint density at radius 1 is 1.31 bits per heavy atom. The number of rotatable bonds is 9. The highest BCUT2D eigenvalue weighted by Gasteiger charge is 2.34. The van der Waals surface area contributed by atoms with Crippen molar-refractivity contribution in [1.82, 2.24) is 15.1 Å². The van der Waals surface area contributed by atoms with Crippen LogP contribution in [0.5, 0.6) is 5.75 Å². The van der Waals surface area contributed by atoms with Crippen LogP contribution in [0, 0.1) is 5.82 Å². The van der Waals surface area contributed by atoms with Gasteiger partial charge in [0.15, 0.2) is 11.6 Å². The Morgan fingerprint density at radius 3 is 2.81 bits per heavy atom. The summed E-state index contributed by atoms with van der Waals surface area (Å²) in [5, 5.41) is 4.90. The fraction of sp³-hybridized carbons (Fsp3) is 0.500. The zero-order valence-corrected chi connectivity index (χ0v) is 19.8. The average Bonchev–Trinajstić information content (AvgIpc) is 3.28. The molecule has 3 amide bonds. The zero-order chi connectivity index (χ0) is 23.1. The molecule has 1 N–H and O–H groups in total. The van der Waals surface area contributed by atoms with Crippen molar-refractivity contribution in [3.8, 4) is 5.75 Å². The minimum absolute atomic E-state index is 0.000221. The second-order valence-electron chi connectivity index (χ2n) is 8.01. The molecule has 2 aromatic rings. The molecule has 0 unspecified atom stereocenters. The molecule has 6 nitrogen and oxygen atoms in total. The summed E-state index contributed by atoms with van der Waals surface area (Å²) in [4.78, 5) is 30.7. The third-order valence-electron chi connectivity index (χ3n) is 5.86. The van der Waals surface area contributed by atoms with Gasteiger partial charge in [0.2, 0.25) is 5.91 Å². The SMILES string of the molecule is CCCNC(=O)N(CC(=O)N1CCc2sccc2[C@H]1COc1ccccc1F)[C@H](C)CC. The Balaban J connectivity index is 1.77. The minimum atomic E-state index is -0.428. The van der Waals surface area contributed by atoms with Gasteiger partial charge in [-0.1, -0.05) is 26.0 Å². The molecule has 0 spiro atoms. The number of benzene rings is 1. The number of carbonyl (C=O) groups excluding carboxylic acids is 2. The van der Waals surface area contributed by atoms with E-state index >= 15 is 0 Å². The quantitative estimate of drug-likeness (QED) is 0.593. The van der Waals surface area contributed by atoms with Gasteiger partial charge in [-0.05, 0) is 55.3 Å². The van der Waals surface area contributed by atoms with Gasteiger partial charge in [0, 0.05) is 24.0 Å². The van der Waals surface area contributed by atoms with Crippen molar-refractivity contribution in [2.75, 3.05) is 26.2 Å². The largest absolute Gasteiger partial charge is 0.488 e. The third kappa shape index (κ3) is 5.59. The Hall–Kier alpha value is -2.61. The lowest BCUT2D eigenvalue weighted by Gasteiger charge is -2.38. The molecule has 0 radical (unpaired) electrons. The number of thiophene rings is 1. The van der Waals surface area contributed by atoms with Gasteiger partial charge in [-0.3, -0.25) is 4.79 Å². The zero-order valence-electron chi connectivity index (χ0n) is 19.0. The molecule has 2 heterocycles. The fourth-order valence-corrected chi connectivity index (χ4v) is 4.75. The molecule has 174 valence electrons. The van der Waals surface area contributed by atoms with Crippen molar-refractivity contribution in [2.45, 2.75) is 52.1 Å². The maximum atomic E-state index is 14.1. The molecule has 32 heavy (non-hydrogen) atoms. The van der Waals surface area contributed by atoms with Crippen LogP contribution in [-0.2, 0) is 11.2 Å². The van der Waals surface area contributed by atoms with E-state index in [1.54, 1.807) is 39.3 Å². The van der Waals surface area contributed by atoms with E-state index in [0.29, 0.717) is 13.1 Å². The molecule has 1 aromatic heterocycles. The van der Waals surface area contributed by atoms with Crippen molar-refractivity contribution in [3.05, 3.63) is 52.0 Å². The molecule has 0 saturated heterocycles. The summed E-state index contributed by atoms with van der Waals surface area (Å²) in [5.74, 6) is -0.388. The first kappa shape index (κ1) is 24.0. The summed E-state index contributed by atoms with van der Waals surface area (Å²) in [6.07, 6.45) is 2.35. The second-order valence-corrected chi connectivity index (χ2v) is 9.01. The molecular formula is C24H32FN3O3S. The summed E-state index contributed by atoms with van der Waals surface area (Å²) in [6, 6.07) is 7.67. The number of fused-ring (bicyclic) bond motifs is 1. The molecule has 0 bridgehead atoms. The van der Waals surface area contributed by atoms with Crippen LogP contribution < -0.4 is 10.1 Å². The van der Waals surface area contributed by atoms with Crippen LogP contribution in [0.2, 0.25) is 0 Å². The summed E-state index contributed by atoms with van der Waals surface area (Å²) in [7, 11) is 0. The van der Waals surface area contributed by atoms with Crippen LogP contribution in [0.4, 0.5) is 9.18 Å².